The molecular weight excluding hydrogens is 228 g/mol. The van der Waals surface area contributed by atoms with Crippen LogP contribution in [0.25, 0.3) is 0 Å². The van der Waals surface area contributed by atoms with Crippen molar-refractivity contribution < 1.29 is 9.47 Å². The molecule has 4 nitrogen and oxygen atoms in total. The SMILES string of the molecule is CCC(C)C(Cc1ccc(OC)c(OC)c1)NN. The van der Waals surface area contributed by atoms with E-state index in [1.54, 1.807) is 14.2 Å². The molecule has 0 fully saturated rings. The molecule has 18 heavy (non-hydrogen) atoms. The Hall–Kier alpha value is -1.26. The van der Waals surface area contributed by atoms with E-state index in [0.29, 0.717) is 5.92 Å². The van der Waals surface area contributed by atoms with Gasteiger partial charge in [0.05, 0.1) is 14.2 Å². The van der Waals surface area contributed by atoms with E-state index in [-0.39, 0.29) is 6.04 Å². The van der Waals surface area contributed by atoms with Crippen molar-refractivity contribution in [1.29, 1.82) is 0 Å². The highest BCUT2D eigenvalue weighted by Gasteiger charge is 2.15. The molecule has 2 unspecified atom stereocenters. The Bertz CT molecular complexity index is 369. The lowest BCUT2D eigenvalue weighted by Gasteiger charge is -2.22. The summed E-state index contributed by atoms with van der Waals surface area (Å²) >= 11 is 0. The van der Waals surface area contributed by atoms with Crippen LogP contribution in [0.4, 0.5) is 0 Å². The first-order chi connectivity index (χ1) is 8.65. The first-order valence-corrected chi connectivity index (χ1v) is 6.33. The van der Waals surface area contributed by atoms with Gasteiger partial charge in [0, 0.05) is 6.04 Å². The van der Waals surface area contributed by atoms with Crippen LogP contribution in [0.5, 0.6) is 11.5 Å². The molecule has 0 saturated heterocycles. The zero-order chi connectivity index (χ0) is 13.5. The molecule has 0 aliphatic rings. The first kappa shape index (κ1) is 14.8. The van der Waals surface area contributed by atoms with Crippen molar-refractivity contribution in [2.24, 2.45) is 11.8 Å². The largest absolute Gasteiger partial charge is 0.493 e. The quantitative estimate of drug-likeness (QED) is 0.576. The Morgan fingerprint density at radius 3 is 2.39 bits per heavy atom. The van der Waals surface area contributed by atoms with E-state index >= 15 is 0 Å². The fraction of sp³-hybridized carbons (Fsp3) is 0.571. The molecule has 0 amide bonds. The molecule has 4 heteroatoms. The average Bonchev–Trinajstić information content (AvgIpc) is 2.43. The predicted molar refractivity (Wildman–Crippen MR) is 73.8 cm³/mol. The maximum Gasteiger partial charge on any atom is 0.160 e. The van der Waals surface area contributed by atoms with Gasteiger partial charge in [0.1, 0.15) is 0 Å². The third-order valence-electron chi connectivity index (χ3n) is 3.45. The van der Waals surface area contributed by atoms with Crippen LogP contribution in [0.15, 0.2) is 18.2 Å². The molecule has 0 bridgehead atoms. The zero-order valence-electron chi connectivity index (χ0n) is 11.7. The Morgan fingerprint density at radius 2 is 1.89 bits per heavy atom. The van der Waals surface area contributed by atoms with Crippen molar-refractivity contribution in [3.63, 3.8) is 0 Å². The summed E-state index contributed by atoms with van der Waals surface area (Å²) in [5, 5.41) is 0. The van der Waals surface area contributed by atoms with Gasteiger partial charge in [-0.15, -0.1) is 0 Å². The summed E-state index contributed by atoms with van der Waals surface area (Å²) in [6.45, 7) is 4.37. The van der Waals surface area contributed by atoms with Crippen molar-refractivity contribution in [1.82, 2.24) is 5.43 Å². The lowest BCUT2D eigenvalue weighted by molar-refractivity contribution is 0.351. The van der Waals surface area contributed by atoms with Crippen LogP contribution >= 0.6 is 0 Å². The molecule has 3 N–H and O–H groups in total. The highest BCUT2D eigenvalue weighted by molar-refractivity contribution is 5.43. The van der Waals surface area contributed by atoms with E-state index in [9.17, 15) is 0 Å². The highest BCUT2D eigenvalue weighted by atomic mass is 16.5. The standard InChI is InChI=1S/C14H24N2O2/c1-5-10(2)12(16-15)8-11-6-7-13(17-3)14(9-11)18-4/h6-7,9-10,12,16H,5,8,15H2,1-4H3. The number of nitrogens with two attached hydrogens (primary N) is 1. The molecule has 102 valence electrons. The first-order valence-electron chi connectivity index (χ1n) is 6.33. The third-order valence-corrected chi connectivity index (χ3v) is 3.45. The van der Waals surface area contributed by atoms with Crippen molar-refractivity contribution in [3.8, 4) is 11.5 Å². The van der Waals surface area contributed by atoms with E-state index < -0.39 is 0 Å². The number of hydrogen-bond acceptors (Lipinski definition) is 4. The lowest BCUT2D eigenvalue weighted by Crippen LogP contribution is -2.41. The second-order valence-electron chi connectivity index (χ2n) is 4.55. The van der Waals surface area contributed by atoms with Gasteiger partial charge in [-0.25, -0.2) is 0 Å². The van der Waals surface area contributed by atoms with E-state index in [1.165, 1.54) is 5.56 Å². The summed E-state index contributed by atoms with van der Waals surface area (Å²) in [6.07, 6.45) is 1.98. The van der Waals surface area contributed by atoms with Crippen molar-refractivity contribution in [2.75, 3.05) is 14.2 Å². The number of nitrogens with one attached hydrogen (secondary N) is 1. The van der Waals surface area contributed by atoms with Gasteiger partial charge in [-0.3, -0.25) is 11.3 Å². The molecule has 0 heterocycles. The Kier molecular flexibility index (Phi) is 5.95. The third kappa shape index (κ3) is 3.62. The van der Waals surface area contributed by atoms with Crippen LogP contribution in [-0.2, 0) is 6.42 Å². The molecule has 0 aromatic heterocycles. The number of hydrazine groups is 1. The van der Waals surface area contributed by atoms with Crippen LogP contribution < -0.4 is 20.7 Å². The summed E-state index contributed by atoms with van der Waals surface area (Å²) < 4.78 is 10.5. The normalized spacial score (nSPS) is 14.1. The maximum absolute atomic E-state index is 5.62. The van der Waals surface area contributed by atoms with E-state index in [1.807, 2.05) is 18.2 Å². The molecule has 1 aromatic carbocycles. The number of rotatable bonds is 7. The molecule has 0 aliphatic heterocycles. The summed E-state index contributed by atoms with van der Waals surface area (Å²) in [6, 6.07) is 6.26. The minimum absolute atomic E-state index is 0.271. The number of methoxy groups -OCH3 is 2. The minimum Gasteiger partial charge on any atom is -0.493 e. The molecule has 0 spiro atoms. The van der Waals surface area contributed by atoms with Gasteiger partial charge in [-0.2, -0.15) is 0 Å². The Labute approximate surface area is 109 Å². The molecular formula is C14H24N2O2. The van der Waals surface area contributed by atoms with Gasteiger partial charge in [0.2, 0.25) is 0 Å². The summed E-state index contributed by atoms with van der Waals surface area (Å²) in [5.41, 5.74) is 4.09. The minimum atomic E-state index is 0.271. The molecule has 1 rings (SSSR count). The molecule has 0 radical (unpaired) electrons. The fourth-order valence-electron chi connectivity index (χ4n) is 1.97. The molecule has 0 saturated carbocycles. The monoisotopic (exact) mass is 252 g/mol. The van der Waals surface area contributed by atoms with Crippen LogP contribution in [0, 0.1) is 5.92 Å². The average molecular weight is 252 g/mol. The van der Waals surface area contributed by atoms with Crippen LogP contribution in [0.2, 0.25) is 0 Å². The van der Waals surface area contributed by atoms with Crippen molar-refractivity contribution >= 4 is 0 Å². The van der Waals surface area contributed by atoms with Gasteiger partial charge < -0.3 is 9.47 Å². The highest BCUT2D eigenvalue weighted by Crippen LogP contribution is 2.28. The van der Waals surface area contributed by atoms with E-state index in [0.717, 1.165) is 24.3 Å². The Morgan fingerprint density at radius 1 is 1.22 bits per heavy atom. The van der Waals surface area contributed by atoms with Crippen molar-refractivity contribution in [3.05, 3.63) is 23.8 Å². The van der Waals surface area contributed by atoms with Gasteiger partial charge in [-0.05, 0) is 30.0 Å². The van der Waals surface area contributed by atoms with Crippen LogP contribution in [0.3, 0.4) is 0 Å². The van der Waals surface area contributed by atoms with E-state index in [4.69, 9.17) is 15.3 Å². The molecule has 1 aromatic rings. The zero-order valence-corrected chi connectivity index (χ0v) is 11.7. The van der Waals surface area contributed by atoms with Gasteiger partial charge in [0.15, 0.2) is 11.5 Å². The second-order valence-corrected chi connectivity index (χ2v) is 4.55. The van der Waals surface area contributed by atoms with Gasteiger partial charge in [-0.1, -0.05) is 26.3 Å². The lowest BCUT2D eigenvalue weighted by atomic mass is 9.93. The summed E-state index contributed by atoms with van der Waals surface area (Å²) in [4.78, 5) is 0. The fourth-order valence-corrected chi connectivity index (χ4v) is 1.97. The Balaban J connectivity index is 2.83. The summed E-state index contributed by atoms with van der Waals surface area (Å²) in [5.74, 6) is 7.66. The number of ether oxygens (including phenoxy) is 2. The predicted octanol–water partition coefficient (Wildman–Crippen LogP) is 2.12. The summed E-state index contributed by atoms with van der Waals surface area (Å²) in [7, 11) is 3.29. The molecule has 2 atom stereocenters. The maximum atomic E-state index is 5.62. The van der Waals surface area contributed by atoms with Crippen molar-refractivity contribution in [2.45, 2.75) is 32.7 Å². The van der Waals surface area contributed by atoms with Gasteiger partial charge >= 0.3 is 0 Å². The van der Waals surface area contributed by atoms with Crippen LogP contribution in [-0.4, -0.2) is 20.3 Å². The molecule has 0 aliphatic carbocycles. The second kappa shape index (κ2) is 7.24. The number of benzene rings is 1. The smallest absolute Gasteiger partial charge is 0.160 e. The van der Waals surface area contributed by atoms with E-state index in [2.05, 4.69) is 19.3 Å². The van der Waals surface area contributed by atoms with Crippen LogP contribution in [0.1, 0.15) is 25.8 Å². The topological polar surface area (TPSA) is 56.5 Å². The van der Waals surface area contributed by atoms with Gasteiger partial charge in [0.25, 0.3) is 0 Å². The number of hydrogen-bond donors (Lipinski definition) is 2.